The maximum atomic E-state index is 2.62. The molecule has 0 saturated heterocycles. The molecule has 272 valence electrons. The maximum absolute atomic E-state index is 2.62. The Labute approximate surface area is 339 Å². The molecule has 0 radical (unpaired) electrons. The summed E-state index contributed by atoms with van der Waals surface area (Å²) < 4.78 is 2.63. The normalized spacial score (nSPS) is 12.8. The van der Waals surface area contributed by atoms with E-state index in [0.29, 0.717) is 0 Å². The zero-order valence-electron chi connectivity index (χ0n) is 32.2. The number of unbranched alkanes of at least 4 members (excludes halogenated alkanes) is 1. The molecule has 4 heteroatoms. The molecular formula is C53H41BN2S. The molecule has 0 atom stereocenters. The van der Waals surface area contributed by atoms with Crippen LogP contribution in [0.1, 0.15) is 30.9 Å². The monoisotopic (exact) mass is 748 g/mol. The standard InChI is InChI=1S/C53H41BN2S/c1-3-4-16-36-25-27-47(42(31-36)38-19-10-6-11-20-38)55-49-34-52-44(41-23-14-15-24-51(41)57-52)33-46(49)54-53-45(29-35(2)30-50(53)55)43-32-39(37-17-8-5-9-18-37)26-28-48(43)56(54)40-21-12-7-13-22-40/h5-15,17-34H,3-4,16H2,1-2H3. The van der Waals surface area contributed by atoms with Crippen molar-refractivity contribution in [3.8, 4) is 33.4 Å². The van der Waals surface area contributed by atoms with Crippen molar-refractivity contribution in [2.75, 3.05) is 9.71 Å². The van der Waals surface area contributed by atoms with Crippen LogP contribution >= 0.6 is 11.3 Å². The van der Waals surface area contributed by atoms with Gasteiger partial charge in [-0.05, 0) is 119 Å². The van der Waals surface area contributed by atoms with E-state index in [2.05, 4.69) is 199 Å². The molecule has 0 fully saturated rings. The van der Waals surface area contributed by atoms with Crippen LogP contribution in [0, 0.1) is 6.92 Å². The summed E-state index contributed by atoms with van der Waals surface area (Å²) >= 11 is 1.90. The summed E-state index contributed by atoms with van der Waals surface area (Å²) in [7, 11) is 0. The second-order valence-electron chi connectivity index (χ2n) is 15.6. The highest BCUT2D eigenvalue weighted by atomic mass is 32.1. The minimum atomic E-state index is -0.0496. The van der Waals surface area contributed by atoms with Gasteiger partial charge in [-0.25, -0.2) is 0 Å². The van der Waals surface area contributed by atoms with Gasteiger partial charge in [0.2, 0.25) is 0 Å². The molecule has 0 aliphatic carbocycles. The van der Waals surface area contributed by atoms with Gasteiger partial charge < -0.3 is 9.71 Å². The summed E-state index contributed by atoms with van der Waals surface area (Å²) in [5.74, 6) is 0. The van der Waals surface area contributed by atoms with Gasteiger partial charge in [0, 0.05) is 54.0 Å². The molecule has 0 saturated carbocycles. The third-order valence-corrected chi connectivity index (χ3v) is 13.2. The Hall–Kier alpha value is -6.36. The third kappa shape index (κ3) is 5.54. The van der Waals surface area contributed by atoms with Crippen LogP contribution < -0.4 is 20.6 Å². The Morgan fingerprint density at radius 2 is 1.23 bits per heavy atom. The fraction of sp³-hybridized carbons (Fsp3) is 0.0943. The lowest BCUT2D eigenvalue weighted by atomic mass is 9.43. The second kappa shape index (κ2) is 13.7. The Kier molecular flexibility index (Phi) is 8.15. The van der Waals surface area contributed by atoms with Crippen molar-refractivity contribution in [1.82, 2.24) is 0 Å². The van der Waals surface area contributed by atoms with Crippen LogP contribution in [0.15, 0.2) is 176 Å². The van der Waals surface area contributed by atoms with E-state index in [4.69, 9.17) is 0 Å². The van der Waals surface area contributed by atoms with E-state index in [-0.39, 0.29) is 6.85 Å². The van der Waals surface area contributed by atoms with Crippen molar-refractivity contribution in [1.29, 1.82) is 0 Å². The van der Waals surface area contributed by atoms with Gasteiger partial charge in [-0.3, -0.25) is 0 Å². The lowest BCUT2D eigenvalue weighted by molar-refractivity contribution is 0.795. The van der Waals surface area contributed by atoms with Gasteiger partial charge in [-0.15, -0.1) is 11.3 Å². The predicted octanol–water partition coefficient (Wildman–Crippen LogP) is 13.7. The smallest absolute Gasteiger partial charge is 0.333 e. The fourth-order valence-corrected chi connectivity index (χ4v) is 10.5. The predicted molar refractivity (Wildman–Crippen MR) is 247 cm³/mol. The van der Waals surface area contributed by atoms with Crippen molar-refractivity contribution in [3.05, 3.63) is 187 Å². The summed E-state index contributed by atoms with van der Waals surface area (Å²) in [6.07, 6.45) is 3.43. The Morgan fingerprint density at radius 1 is 0.509 bits per heavy atom. The molecule has 2 nitrogen and oxygen atoms in total. The average molecular weight is 749 g/mol. The molecule has 1 aromatic heterocycles. The number of hydrogen-bond donors (Lipinski definition) is 0. The quantitative estimate of drug-likeness (QED) is 0.150. The van der Waals surface area contributed by atoms with Crippen LogP contribution in [-0.2, 0) is 6.42 Å². The van der Waals surface area contributed by atoms with Gasteiger partial charge in [0.15, 0.2) is 0 Å². The molecule has 0 N–H and O–H groups in total. The van der Waals surface area contributed by atoms with Crippen LogP contribution in [0.2, 0.25) is 0 Å². The number of hydrogen-bond acceptors (Lipinski definition) is 3. The lowest BCUT2D eigenvalue weighted by Gasteiger charge is -2.46. The molecule has 0 unspecified atom stereocenters. The number of thiophene rings is 1. The Bertz CT molecular complexity index is 2970. The number of aryl methyl sites for hydroxylation is 2. The van der Waals surface area contributed by atoms with Crippen molar-refractivity contribution >= 4 is 77.7 Å². The van der Waals surface area contributed by atoms with Crippen molar-refractivity contribution in [2.24, 2.45) is 0 Å². The number of para-hydroxylation sites is 1. The highest BCUT2D eigenvalue weighted by molar-refractivity contribution is 7.26. The first kappa shape index (κ1) is 33.9. The number of fused-ring (bicyclic) bond motifs is 7. The van der Waals surface area contributed by atoms with E-state index >= 15 is 0 Å². The van der Waals surface area contributed by atoms with Crippen LogP contribution in [0.4, 0.5) is 28.4 Å². The van der Waals surface area contributed by atoms with E-state index in [0.717, 1.165) is 6.42 Å². The first-order valence-corrected chi connectivity index (χ1v) is 21.1. The van der Waals surface area contributed by atoms with Gasteiger partial charge >= 0.3 is 6.85 Å². The number of anilines is 5. The van der Waals surface area contributed by atoms with Crippen molar-refractivity contribution in [3.63, 3.8) is 0 Å². The summed E-state index contributed by atoms with van der Waals surface area (Å²) in [5.41, 5.74) is 19.0. The molecule has 0 spiro atoms. The molecule has 57 heavy (non-hydrogen) atoms. The van der Waals surface area contributed by atoms with Gasteiger partial charge in [0.25, 0.3) is 0 Å². The first-order chi connectivity index (χ1) is 28.1. The zero-order valence-corrected chi connectivity index (χ0v) is 33.1. The van der Waals surface area contributed by atoms with Crippen LogP contribution in [0.25, 0.3) is 53.6 Å². The summed E-state index contributed by atoms with van der Waals surface area (Å²) in [6, 6.07) is 66.0. The van der Waals surface area contributed by atoms with Gasteiger partial charge in [0.1, 0.15) is 0 Å². The Balaban J connectivity index is 1.26. The maximum Gasteiger partial charge on any atom is 0.333 e. The van der Waals surface area contributed by atoms with Crippen LogP contribution in [0.5, 0.6) is 0 Å². The molecule has 9 aromatic rings. The highest BCUT2D eigenvalue weighted by Gasteiger charge is 2.45. The average Bonchev–Trinajstić information content (AvgIpc) is 3.63. The minimum Gasteiger partial charge on any atom is -0.376 e. The molecule has 8 aromatic carbocycles. The minimum absolute atomic E-state index is 0.0496. The van der Waals surface area contributed by atoms with Crippen molar-refractivity contribution in [2.45, 2.75) is 33.1 Å². The molecule has 11 rings (SSSR count). The Morgan fingerprint density at radius 3 is 2.02 bits per heavy atom. The van der Waals surface area contributed by atoms with Gasteiger partial charge in [0.05, 0.1) is 5.69 Å². The summed E-state index contributed by atoms with van der Waals surface area (Å²) in [4.78, 5) is 5.23. The zero-order chi connectivity index (χ0) is 38.0. The summed E-state index contributed by atoms with van der Waals surface area (Å²) in [6.45, 7) is 4.50. The van der Waals surface area contributed by atoms with E-state index in [1.165, 1.54) is 117 Å². The molecule has 0 bridgehead atoms. The molecular weight excluding hydrogens is 707 g/mol. The van der Waals surface area contributed by atoms with Gasteiger partial charge in [-0.1, -0.05) is 135 Å². The third-order valence-electron chi connectivity index (χ3n) is 12.0. The lowest BCUT2D eigenvalue weighted by Crippen LogP contribution is -2.61. The largest absolute Gasteiger partial charge is 0.376 e. The molecule has 2 aliphatic heterocycles. The van der Waals surface area contributed by atoms with Crippen LogP contribution in [0.3, 0.4) is 0 Å². The number of rotatable bonds is 7. The topological polar surface area (TPSA) is 6.48 Å². The fourth-order valence-electron chi connectivity index (χ4n) is 9.43. The second-order valence-corrected chi connectivity index (χ2v) is 16.7. The van der Waals surface area contributed by atoms with E-state index in [9.17, 15) is 0 Å². The van der Waals surface area contributed by atoms with Crippen molar-refractivity contribution < 1.29 is 0 Å². The van der Waals surface area contributed by atoms with E-state index < -0.39 is 0 Å². The van der Waals surface area contributed by atoms with E-state index in [1.54, 1.807) is 0 Å². The number of benzene rings is 8. The SMILES string of the molecule is CCCCc1ccc(N2c3cc4sc5ccccc5c4cc3B3c4c(cc(C)cc42)-c2cc(-c4ccccc4)ccc2N3c2ccccc2)c(-c2ccccc2)c1. The molecule has 2 aliphatic rings. The van der Waals surface area contributed by atoms with Gasteiger partial charge in [-0.2, -0.15) is 0 Å². The van der Waals surface area contributed by atoms with E-state index in [1.807, 2.05) is 11.3 Å². The molecule has 3 heterocycles. The molecule has 0 amide bonds. The van der Waals surface area contributed by atoms with Crippen LogP contribution in [-0.4, -0.2) is 6.85 Å². The summed E-state index contributed by atoms with van der Waals surface area (Å²) in [5, 5.41) is 2.64. The number of nitrogens with zero attached hydrogens (tertiary/aromatic N) is 2. The highest BCUT2D eigenvalue weighted by Crippen LogP contribution is 2.50. The first-order valence-electron chi connectivity index (χ1n) is 20.3.